The van der Waals surface area contributed by atoms with E-state index in [1.807, 2.05) is 50.2 Å². The molecular formula is C25H34N2O2S. The molecule has 4 nitrogen and oxygen atoms in total. The first-order chi connectivity index (χ1) is 14.4. The van der Waals surface area contributed by atoms with E-state index >= 15 is 0 Å². The highest BCUT2D eigenvalue weighted by molar-refractivity contribution is 7.99. The van der Waals surface area contributed by atoms with E-state index in [0.717, 1.165) is 29.7 Å². The molecule has 162 valence electrons. The van der Waals surface area contributed by atoms with Gasteiger partial charge in [0.1, 0.15) is 6.04 Å². The zero-order valence-electron chi connectivity index (χ0n) is 18.6. The molecule has 2 aromatic carbocycles. The van der Waals surface area contributed by atoms with Crippen molar-refractivity contribution in [3.05, 3.63) is 70.8 Å². The normalized spacial score (nSPS) is 11.7. The van der Waals surface area contributed by atoms with Gasteiger partial charge in [-0.2, -0.15) is 0 Å². The molecule has 30 heavy (non-hydrogen) atoms. The summed E-state index contributed by atoms with van der Waals surface area (Å²) in [5.41, 5.74) is 4.67. The fraction of sp³-hybridized carbons (Fsp3) is 0.440. The number of hydrogen-bond donors (Lipinski definition) is 1. The molecule has 0 aliphatic heterocycles. The van der Waals surface area contributed by atoms with Crippen LogP contribution in [0.2, 0.25) is 0 Å². The molecule has 0 aromatic heterocycles. The number of unbranched alkanes of at least 4 members (excludes halogenated alkanes) is 1. The summed E-state index contributed by atoms with van der Waals surface area (Å²) in [5, 5.41) is 2.97. The number of nitrogens with one attached hydrogen (secondary N) is 1. The second kappa shape index (κ2) is 12.4. The molecule has 2 aromatic rings. The van der Waals surface area contributed by atoms with E-state index in [1.54, 1.807) is 16.7 Å². The third-order valence-electron chi connectivity index (χ3n) is 5.34. The van der Waals surface area contributed by atoms with Crippen LogP contribution >= 0.6 is 11.8 Å². The summed E-state index contributed by atoms with van der Waals surface area (Å²) in [5.74, 6) is 1.05. The van der Waals surface area contributed by atoms with Crippen molar-refractivity contribution < 1.29 is 9.59 Å². The standard InChI is InChI=1S/C25H34N2O2S/c1-5-6-15-26-25(29)21(4)27(16-22-13-9-7-11-19(22)2)24(28)18-30-17-23-14-10-8-12-20(23)3/h7-14,21H,5-6,15-18H2,1-4H3,(H,26,29)/t21-/m0/s1. The predicted octanol–water partition coefficient (Wildman–Crippen LogP) is 4.87. The van der Waals surface area contributed by atoms with E-state index in [4.69, 9.17) is 0 Å². The van der Waals surface area contributed by atoms with Crippen LogP contribution in [0.25, 0.3) is 0 Å². The second-order valence-corrected chi connectivity index (χ2v) is 8.67. The van der Waals surface area contributed by atoms with Crippen LogP contribution in [-0.2, 0) is 21.9 Å². The number of carbonyl (C=O) groups excluding carboxylic acids is 2. The van der Waals surface area contributed by atoms with Crippen LogP contribution in [0, 0.1) is 13.8 Å². The van der Waals surface area contributed by atoms with Crippen LogP contribution < -0.4 is 5.32 Å². The van der Waals surface area contributed by atoms with Crippen molar-refractivity contribution in [2.24, 2.45) is 0 Å². The molecule has 0 unspecified atom stereocenters. The predicted molar refractivity (Wildman–Crippen MR) is 126 cm³/mol. The lowest BCUT2D eigenvalue weighted by atomic mass is 10.1. The molecule has 0 saturated carbocycles. The van der Waals surface area contributed by atoms with E-state index in [0.29, 0.717) is 18.8 Å². The van der Waals surface area contributed by atoms with E-state index in [9.17, 15) is 9.59 Å². The summed E-state index contributed by atoms with van der Waals surface area (Å²) in [6, 6.07) is 15.8. The topological polar surface area (TPSA) is 49.4 Å². The Labute approximate surface area is 185 Å². The Morgan fingerprint density at radius 1 is 1.00 bits per heavy atom. The van der Waals surface area contributed by atoms with Crippen molar-refractivity contribution in [3.63, 3.8) is 0 Å². The summed E-state index contributed by atoms with van der Waals surface area (Å²) in [6.07, 6.45) is 1.96. The molecule has 0 radical (unpaired) electrons. The van der Waals surface area contributed by atoms with Gasteiger partial charge in [-0.05, 0) is 49.4 Å². The number of aryl methyl sites for hydroxylation is 2. The minimum Gasteiger partial charge on any atom is -0.354 e. The lowest BCUT2D eigenvalue weighted by Crippen LogP contribution is -2.48. The van der Waals surface area contributed by atoms with Gasteiger partial charge >= 0.3 is 0 Å². The molecular weight excluding hydrogens is 392 g/mol. The molecule has 0 aliphatic rings. The van der Waals surface area contributed by atoms with Crippen LogP contribution in [-0.4, -0.2) is 35.1 Å². The van der Waals surface area contributed by atoms with Gasteiger partial charge in [-0.15, -0.1) is 11.8 Å². The van der Waals surface area contributed by atoms with Gasteiger partial charge in [0.15, 0.2) is 0 Å². The number of carbonyl (C=O) groups is 2. The summed E-state index contributed by atoms with van der Waals surface area (Å²) < 4.78 is 0. The molecule has 0 spiro atoms. The van der Waals surface area contributed by atoms with E-state index in [-0.39, 0.29) is 11.8 Å². The summed E-state index contributed by atoms with van der Waals surface area (Å²) in [4.78, 5) is 27.5. The van der Waals surface area contributed by atoms with Gasteiger partial charge < -0.3 is 10.2 Å². The first-order valence-corrected chi connectivity index (χ1v) is 11.8. The van der Waals surface area contributed by atoms with Crippen LogP contribution in [0.5, 0.6) is 0 Å². The third-order valence-corrected chi connectivity index (χ3v) is 6.31. The number of nitrogens with zero attached hydrogens (tertiary/aromatic N) is 1. The first kappa shape index (κ1) is 24.0. The lowest BCUT2D eigenvalue weighted by Gasteiger charge is -2.29. The highest BCUT2D eigenvalue weighted by Crippen LogP contribution is 2.19. The SMILES string of the molecule is CCCCNC(=O)[C@H](C)N(Cc1ccccc1C)C(=O)CSCc1ccccc1C. The third kappa shape index (κ3) is 7.21. The molecule has 5 heteroatoms. The fourth-order valence-electron chi connectivity index (χ4n) is 3.19. The molecule has 0 aliphatic carbocycles. The summed E-state index contributed by atoms with van der Waals surface area (Å²) in [6.45, 7) is 9.13. The number of rotatable bonds is 11. The van der Waals surface area contributed by atoms with Crippen molar-refractivity contribution in [2.75, 3.05) is 12.3 Å². The van der Waals surface area contributed by atoms with Gasteiger partial charge in [0.2, 0.25) is 11.8 Å². The minimum atomic E-state index is -0.506. The maximum atomic E-state index is 13.1. The minimum absolute atomic E-state index is 0.00465. The van der Waals surface area contributed by atoms with Gasteiger partial charge in [-0.25, -0.2) is 0 Å². The Morgan fingerprint density at radius 2 is 1.60 bits per heavy atom. The Kier molecular flexibility index (Phi) is 9.95. The number of amides is 2. The zero-order chi connectivity index (χ0) is 21.9. The van der Waals surface area contributed by atoms with Crippen LogP contribution in [0.4, 0.5) is 0 Å². The highest BCUT2D eigenvalue weighted by atomic mass is 32.2. The Hall–Kier alpha value is -2.27. The summed E-state index contributed by atoms with van der Waals surface area (Å²) >= 11 is 1.60. The largest absolute Gasteiger partial charge is 0.354 e. The van der Waals surface area contributed by atoms with Crippen molar-refractivity contribution in [2.45, 2.75) is 58.9 Å². The quantitative estimate of drug-likeness (QED) is 0.522. The first-order valence-electron chi connectivity index (χ1n) is 10.7. The van der Waals surface area contributed by atoms with Crippen molar-refractivity contribution in [1.82, 2.24) is 10.2 Å². The van der Waals surface area contributed by atoms with E-state index < -0.39 is 6.04 Å². The van der Waals surface area contributed by atoms with Crippen molar-refractivity contribution in [3.8, 4) is 0 Å². The lowest BCUT2D eigenvalue weighted by molar-refractivity contribution is -0.138. The van der Waals surface area contributed by atoms with Crippen molar-refractivity contribution in [1.29, 1.82) is 0 Å². The maximum Gasteiger partial charge on any atom is 0.242 e. The monoisotopic (exact) mass is 426 g/mol. The molecule has 0 fully saturated rings. The average Bonchev–Trinajstić information content (AvgIpc) is 2.74. The molecule has 2 amide bonds. The van der Waals surface area contributed by atoms with Gasteiger partial charge in [0.25, 0.3) is 0 Å². The van der Waals surface area contributed by atoms with Crippen molar-refractivity contribution >= 4 is 23.6 Å². The average molecular weight is 427 g/mol. The Morgan fingerprint density at radius 3 is 2.20 bits per heavy atom. The molecule has 1 atom stereocenters. The van der Waals surface area contributed by atoms with Gasteiger partial charge in [-0.3, -0.25) is 9.59 Å². The number of thioether (sulfide) groups is 1. The molecule has 0 heterocycles. The Bertz CT molecular complexity index is 837. The highest BCUT2D eigenvalue weighted by Gasteiger charge is 2.26. The molecule has 0 bridgehead atoms. The number of hydrogen-bond acceptors (Lipinski definition) is 3. The fourth-order valence-corrected chi connectivity index (χ4v) is 4.18. The van der Waals surface area contributed by atoms with Crippen LogP contribution in [0.3, 0.4) is 0 Å². The molecule has 2 rings (SSSR count). The van der Waals surface area contributed by atoms with Gasteiger partial charge in [0.05, 0.1) is 5.75 Å². The smallest absolute Gasteiger partial charge is 0.242 e. The second-order valence-electron chi connectivity index (χ2n) is 7.69. The Balaban J connectivity index is 2.07. The molecule has 1 N–H and O–H groups in total. The van der Waals surface area contributed by atoms with Gasteiger partial charge in [0, 0.05) is 18.8 Å². The summed E-state index contributed by atoms with van der Waals surface area (Å²) in [7, 11) is 0. The van der Waals surface area contributed by atoms with E-state index in [1.165, 1.54) is 11.1 Å². The zero-order valence-corrected chi connectivity index (χ0v) is 19.4. The number of benzene rings is 2. The van der Waals surface area contributed by atoms with Crippen LogP contribution in [0.15, 0.2) is 48.5 Å². The molecule has 0 saturated heterocycles. The maximum absolute atomic E-state index is 13.1. The van der Waals surface area contributed by atoms with Gasteiger partial charge in [-0.1, -0.05) is 61.9 Å². The van der Waals surface area contributed by atoms with E-state index in [2.05, 4.69) is 31.3 Å². The van der Waals surface area contributed by atoms with Crippen LogP contribution in [0.1, 0.15) is 48.9 Å².